The molecule has 162 valence electrons. The zero-order valence-corrected chi connectivity index (χ0v) is 18.9. The standard InChI is InChI=1S/C26H18ClN3O2S/c27-22-9-5-4-8-19(22)15-32-20-12-10-17(11-13-20)14-21-24(28)30-23(18-6-2-1-3-7-18)16-33-26(30)29-25(21)31/h1-14,16,28H,15H2/b21-14-,28-24?. The lowest BCUT2D eigenvalue weighted by Gasteiger charge is -2.26. The molecule has 0 atom stereocenters. The van der Waals surface area contributed by atoms with Crippen LogP contribution in [0.25, 0.3) is 11.8 Å². The number of fused-ring (bicyclic) bond motifs is 1. The lowest BCUT2D eigenvalue weighted by atomic mass is 10.1. The molecule has 2 aliphatic heterocycles. The van der Waals surface area contributed by atoms with Crippen LogP contribution in [0.5, 0.6) is 5.75 Å². The van der Waals surface area contributed by atoms with Gasteiger partial charge in [0.15, 0.2) is 5.17 Å². The van der Waals surface area contributed by atoms with Crippen LogP contribution in [-0.2, 0) is 11.4 Å². The van der Waals surface area contributed by atoms with Gasteiger partial charge in [-0.2, -0.15) is 4.99 Å². The van der Waals surface area contributed by atoms with Gasteiger partial charge in [-0.25, -0.2) is 0 Å². The average Bonchev–Trinajstić information content (AvgIpc) is 3.26. The first-order valence-corrected chi connectivity index (χ1v) is 11.5. The Kier molecular flexibility index (Phi) is 5.86. The molecule has 0 aromatic heterocycles. The van der Waals surface area contributed by atoms with E-state index in [1.807, 2.05) is 84.3 Å². The van der Waals surface area contributed by atoms with Crippen LogP contribution < -0.4 is 4.74 Å². The number of hydrogen-bond donors (Lipinski definition) is 1. The van der Waals surface area contributed by atoms with Crippen LogP contribution in [0.1, 0.15) is 16.7 Å². The third kappa shape index (κ3) is 4.35. The second kappa shape index (κ2) is 9.10. The number of carbonyl (C=O) groups excluding carboxylic acids is 1. The average molecular weight is 472 g/mol. The molecule has 0 bridgehead atoms. The highest BCUT2D eigenvalue weighted by molar-refractivity contribution is 8.17. The van der Waals surface area contributed by atoms with E-state index in [-0.39, 0.29) is 11.4 Å². The summed E-state index contributed by atoms with van der Waals surface area (Å²) in [5, 5.41) is 11.8. The molecule has 5 nitrogen and oxygen atoms in total. The second-order valence-electron chi connectivity index (χ2n) is 7.38. The molecule has 0 fully saturated rings. The number of halogens is 1. The molecule has 0 saturated carbocycles. The highest BCUT2D eigenvalue weighted by Gasteiger charge is 2.36. The van der Waals surface area contributed by atoms with E-state index < -0.39 is 5.91 Å². The summed E-state index contributed by atoms with van der Waals surface area (Å²) in [5.41, 5.74) is 3.74. The maximum atomic E-state index is 12.7. The predicted octanol–water partition coefficient (Wildman–Crippen LogP) is 6.22. The van der Waals surface area contributed by atoms with Gasteiger partial charge in [0.05, 0.1) is 11.3 Å². The molecule has 7 heteroatoms. The van der Waals surface area contributed by atoms with Crippen LogP contribution in [0, 0.1) is 5.41 Å². The van der Waals surface area contributed by atoms with E-state index in [1.54, 1.807) is 11.0 Å². The van der Waals surface area contributed by atoms with Crippen LogP contribution in [0.3, 0.4) is 0 Å². The fourth-order valence-corrected chi connectivity index (χ4v) is 4.60. The van der Waals surface area contributed by atoms with E-state index >= 15 is 0 Å². The maximum Gasteiger partial charge on any atom is 0.283 e. The van der Waals surface area contributed by atoms with Gasteiger partial charge >= 0.3 is 0 Å². The Morgan fingerprint density at radius 1 is 1.00 bits per heavy atom. The third-order valence-corrected chi connectivity index (χ3v) is 6.42. The van der Waals surface area contributed by atoms with Crippen LogP contribution >= 0.6 is 23.4 Å². The summed E-state index contributed by atoms with van der Waals surface area (Å²) in [6, 6.07) is 24.7. The molecular formula is C26H18ClN3O2S. The minimum Gasteiger partial charge on any atom is -0.489 e. The van der Waals surface area contributed by atoms with E-state index in [1.165, 1.54) is 11.8 Å². The number of nitrogens with zero attached hydrogens (tertiary/aromatic N) is 2. The van der Waals surface area contributed by atoms with Gasteiger partial charge in [0.25, 0.3) is 5.91 Å². The summed E-state index contributed by atoms with van der Waals surface area (Å²) in [6.45, 7) is 0.363. The van der Waals surface area contributed by atoms with Crippen molar-refractivity contribution in [3.8, 4) is 5.75 Å². The number of benzene rings is 3. The first-order valence-electron chi connectivity index (χ1n) is 10.2. The number of carbonyl (C=O) groups is 1. The Bertz CT molecular complexity index is 1330. The van der Waals surface area contributed by atoms with E-state index in [2.05, 4.69) is 4.99 Å². The lowest BCUT2D eigenvalue weighted by Crippen LogP contribution is -2.37. The number of aliphatic imine (C=N–C) groups is 1. The van der Waals surface area contributed by atoms with Crippen molar-refractivity contribution in [2.75, 3.05) is 0 Å². The molecule has 5 rings (SSSR count). The Labute approximate surface area is 200 Å². The molecule has 0 aliphatic carbocycles. The van der Waals surface area contributed by atoms with Crippen molar-refractivity contribution in [3.05, 3.63) is 112 Å². The summed E-state index contributed by atoms with van der Waals surface area (Å²) in [4.78, 5) is 18.6. The highest BCUT2D eigenvalue weighted by Crippen LogP contribution is 2.37. The summed E-state index contributed by atoms with van der Waals surface area (Å²) in [6.07, 6.45) is 1.69. The van der Waals surface area contributed by atoms with Gasteiger partial charge in [0.2, 0.25) is 0 Å². The normalized spacial score (nSPS) is 16.5. The van der Waals surface area contributed by atoms with Crippen LogP contribution in [0.15, 0.2) is 94.8 Å². The van der Waals surface area contributed by atoms with Crippen molar-refractivity contribution in [2.24, 2.45) is 4.99 Å². The Morgan fingerprint density at radius 3 is 2.48 bits per heavy atom. The molecule has 1 N–H and O–H groups in total. The van der Waals surface area contributed by atoms with Gasteiger partial charge in [-0.3, -0.25) is 15.1 Å². The van der Waals surface area contributed by atoms with Crippen molar-refractivity contribution >= 4 is 52.0 Å². The third-order valence-electron chi connectivity index (χ3n) is 5.23. The summed E-state index contributed by atoms with van der Waals surface area (Å²) >= 11 is 7.53. The van der Waals surface area contributed by atoms with Gasteiger partial charge in [0.1, 0.15) is 18.2 Å². The fourth-order valence-electron chi connectivity index (χ4n) is 3.52. The van der Waals surface area contributed by atoms with Crippen molar-refractivity contribution < 1.29 is 9.53 Å². The van der Waals surface area contributed by atoms with Crippen molar-refractivity contribution in [3.63, 3.8) is 0 Å². The smallest absolute Gasteiger partial charge is 0.283 e. The number of hydrogen-bond acceptors (Lipinski definition) is 4. The predicted molar refractivity (Wildman–Crippen MR) is 134 cm³/mol. The molecular weight excluding hydrogens is 454 g/mol. The molecule has 0 spiro atoms. The number of thioether (sulfide) groups is 1. The monoisotopic (exact) mass is 471 g/mol. The molecule has 2 heterocycles. The summed E-state index contributed by atoms with van der Waals surface area (Å²) < 4.78 is 5.83. The number of amidine groups is 2. The molecule has 0 saturated heterocycles. The van der Waals surface area contributed by atoms with Crippen molar-refractivity contribution in [1.82, 2.24) is 4.90 Å². The Balaban J connectivity index is 1.35. The second-order valence-corrected chi connectivity index (χ2v) is 8.62. The largest absolute Gasteiger partial charge is 0.489 e. The molecule has 1 amide bonds. The van der Waals surface area contributed by atoms with E-state index in [0.29, 0.717) is 22.5 Å². The SMILES string of the molecule is N=C1/C(=C/c2ccc(OCc3ccccc3Cl)cc2)C(=O)N=C2SC=C(c3ccccc3)N12. The number of amides is 1. The van der Waals surface area contributed by atoms with E-state index in [9.17, 15) is 4.79 Å². The van der Waals surface area contributed by atoms with E-state index in [4.69, 9.17) is 21.7 Å². The minimum atomic E-state index is -0.416. The van der Waals surface area contributed by atoms with Gasteiger partial charge in [-0.15, -0.1) is 0 Å². The molecule has 33 heavy (non-hydrogen) atoms. The molecule has 0 radical (unpaired) electrons. The Morgan fingerprint density at radius 2 is 1.73 bits per heavy atom. The first-order chi connectivity index (χ1) is 16.1. The summed E-state index contributed by atoms with van der Waals surface area (Å²) in [7, 11) is 0. The van der Waals surface area contributed by atoms with Crippen LogP contribution in [0.4, 0.5) is 0 Å². The van der Waals surface area contributed by atoms with Gasteiger partial charge < -0.3 is 4.74 Å². The van der Waals surface area contributed by atoms with Crippen molar-refractivity contribution in [2.45, 2.75) is 6.61 Å². The van der Waals surface area contributed by atoms with Crippen LogP contribution in [0.2, 0.25) is 5.02 Å². The fraction of sp³-hybridized carbons (Fsp3) is 0.0385. The molecule has 2 aliphatic rings. The number of nitrogens with one attached hydrogen (secondary N) is 1. The van der Waals surface area contributed by atoms with E-state index in [0.717, 1.165) is 22.4 Å². The number of rotatable bonds is 5. The zero-order valence-electron chi connectivity index (χ0n) is 17.4. The summed E-state index contributed by atoms with van der Waals surface area (Å²) in [5.74, 6) is 0.386. The minimum absolute atomic E-state index is 0.115. The maximum absolute atomic E-state index is 12.7. The molecule has 0 unspecified atom stereocenters. The molecule has 3 aromatic rings. The first kappa shape index (κ1) is 21.2. The van der Waals surface area contributed by atoms with Gasteiger partial charge in [-0.1, -0.05) is 84.0 Å². The zero-order chi connectivity index (χ0) is 22.8. The highest BCUT2D eigenvalue weighted by atomic mass is 35.5. The molecule has 3 aromatic carbocycles. The number of ether oxygens (including phenoxy) is 1. The Hall–Kier alpha value is -3.61. The topological polar surface area (TPSA) is 65.8 Å². The lowest BCUT2D eigenvalue weighted by molar-refractivity contribution is -0.114. The van der Waals surface area contributed by atoms with Gasteiger partial charge in [0, 0.05) is 16.0 Å². The van der Waals surface area contributed by atoms with Gasteiger partial charge in [-0.05, 0) is 35.4 Å². The van der Waals surface area contributed by atoms with Crippen molar-refractivity contribution in [1.29, 1.82) is 5.41 Å². The van der Waals surface area contributed by atoms with Crippen LogP contribution in [-0.4, -0.2) is 21.8 Å². The quantitative estimate of drug-likeness (QED) is 0.448.